The quantitative estimate of drug-likeness (QED) is 0.435. The topological polar surface area (TPSA) is 107 Å². The Morgan fingerprint density at radius 3 is 2.97 bits per heavy atom. The van der Waals surface area contributed by atoms with Gasteiger partial charge in [-0.15, -0.1) is 0 Å². The third kappa shape index (κ3) is 4.26. The molecule has 1 saturated carbocycles. The summed E-state index contributed by atoms with van der Waals surface area (Å²) in [6, 6.07) is 10.9. The fourth-order valence-corrected chi connectivity index (χ4v) is 4.65. The second-order valence-electron chi connectivity index (χ2n) is 8.92. The van der Waals surface area contributed by atoms with Crippen LogP contribution in [0.3, 0.4) is 0 Å². The minimum Gasteiger partial charge on any atom is -0.367 e. The van der Waals surface area contributed by atoms with E-state index in [-0.39, 0.29) is 11.9 Å². The molecule has 0 radical (unpaired) electrons. The van der Waals surface area contributed by atoms with Gasteiger partial charge in [0.15, 0.2) is 5.82 Å². The van der Waals surface area contributed by atoms with Gasteiger partial charge in [0.25, 0.3) is 5.91 Å². The van der Waals surface area contributed by atoms with E-state index in [2.05, 4.69) is 31.5 Å². The largest absolute Gasteiger partial charge is 0.367 e. The molecular weight excluding hydrogens is 390 g/mol. The first kappa shape index (κ1) is 20.0. The Bertz CT molecular complexity index is 1090. The van der Waals surface area contributed by atoms with Gasteiger partial charge in [-0.2, -0.15) is 0 Å². The Morgan fingerprint density at radius 1 is 1.19 bits per heavy atom. The molecule has 1 aromatic carbocycles. The number of carbonyl (C=O) groups excluding carboxylic acids is 1. The molecule has 0 spiro atoms. The van der Waals surface area contributed by atoms with Crippen LogP contribution in [0.5, 0.6) is 0 Å². The van der Waals surface area contributed by atoms with Crippen LogP contribution < -0.4 is 21.5 Å². The number of anilines is 1. The zero-order chi connectivity index (χ0) is 21.4. The molecule has 2 fully saturated rings. The number of H-pyrrole nitrogens is 1. The van der Waals surface area contributed by atoms with Crippen LogP contribution in [0.2, 0.25) is 0 Å². The van der Waals surface area contributed by atoms with E-state index in [0.29, 0.717) is 29.5 Å². The molecule has 5 rings (SSSR count). The van der Waals surface area contributed by atoms with Gasteiger partial charge in [-0.3, -0.25) is 15.6 Å². The van der Waals surface area contributed by atoms with Crippen LogP contribution in [0.1, 0.15) is 43.6 Å². The first-order chi connectivity index (χ1) is 15.0. The van der Waals surface area contributed by atoms with Gasteiger partial charge in [0, 0.05) is 47.3 Å². The second-order valence-corrected chi connectivity index (χ2v) is 8.92. The van der Waals surface area contributed by atoms with Crippen molar-refractivity contribution < 1.29 is 4.79 Å². The van der Waals surface area contributed by atoms with E-state index in [1.165, 1.54) is 6.42 Å². The Kier molecular flexibility index (Phi) is 5.33. The van der Waals surface area contributed by atoms with Gasteiger partial charge in [-0.1, -0.05) is 12.1 Å². The third-order valence-electron chi connectivity index (χ3n) is 6.19. The minimum absolute atomic E-state index is 0.0920. The number of rotatable bonds is 5. The molecule has 1 saturated heterocycles. The zero-order valence-electron chi connectivity index (χ0n) is 17.9. The number of nitrogens with one attached hydrogen (secondary N) is 5. The van der Waals surface area contributed by atoms with E-state index in [9.17, 15) is 4.79 Å². The minimum atomic E-state index is -0.0995. The van der Waals surface area contributed by atoms with Crippen molar-refractivity contribution in [2.45, 2.75) is 51.2 Å². The maximum atomic E-state index is 12.3. The van der Waals surface area contributed by atoms with E-state index in [1.807, 2.05) is 44.2 Å². The summed E-state index contributed by atoms with van der Waals surface area (Å²) in [7, 11) is 0. The lowest BCUT2D eigenvalue weighted by Gasteiger charge is -2.31. The molecule has 31 heavy (non-hydrogen) atoms. The van der Waals surface area contributed by atoms with Gasteiger partial charge < -0.3 is 15.6 Å². The average molecular weight is 420 g/mol. The second kappa shape index (κ2) is 8.28. The number of benzene rings is 1. The number of amides is 1. The van der Waals surface area contributed by atoms with Crippen molar-refractivity contribution in [3.63, 3.8) is 0 Å². The maximum Gasteiger partial charge on any atom is 0.267 e. The summed E-state index contributed by atoms with van der Waals surface area (Å²) < 4.78 is 0. The van der Waals surface area contributed by atoms with Crippen LogP contribution in [-0.2, 0) is 0 Å². The summed E-state index contributed by atoms with van der Waals surface area (Å²) in [4.78, 5) is 24.8. The summed E-state index contributed by atoms with van der Waals surface area (Å²) in [5.41, 5.74) is 9.03. The zero-order valence-corrected chi connectivity index (χ0v) is 17.9. The summed E-state index contributed by atoms with van der Waals surface area (Å²) in [6.45, 7) is 4.93. The smallest absolute Gasteiger partial charge is 0.267 e. The maximum absolute atomic E-state index is 12.3. The van der Waals surface area contributed by atoms with Crippen molar-refractivity contribution in [3.8, 4) is 11.4 Å². The lowest BCUT2D eigenvalue weighted by atomic mass is 9.83. The van der Waals surface area contributed by atoms with E-state index < -0.39 is 0 Å². The highest BCUT2D eigenvalue weighted by Gasteiger charge is 2.33. The standard InChI is InChI=1S/C23H29N7O/c1-13(2)26-23(31)20-10-14-3-4-15(11-19(14)28-20)22-24-8-7-21(29-22)27-17-5-6-18-16(9-17)12-25-30-18/h3-4,7-8,10-11,13,16-18,25,28,30H,5-6,9,12H2,1-2H3,(H,26,31)(H,24,27,29). The van der Waals surface area contributed by atoms with Gasteiger partial charge in [-0.25, -0.2) is 9.97 Å². The van der Waals surface area contributed by atoms with Crippen molar-refractivity contribution in [1.29, 1.82) is 0 Å². The molecule has 3 aromatic rings. The molecule has 8 heteroatoms. The number of carbonyl (C=O) groups is 1. The van der Waals surface area contributed by atoms with Crippen LogP contribution >= 0.6 is 0 Å². The van der Waals surface area contributed by atoms with Gasteiger partial charge >= 0.3 is 0 Å². The number of nitrogens with zero attached hydrogens (tertiary/aromatic N) is 2. The number of hydrogen-bond donors (Lipinski definition) is 5. The van der Waals surface area contributed by atoms with Crippen LogP contribution in [0.15, 0.2) is 36.5 Å². The van der Waals surface area contributed by atoms with E-state index in [1.54, 1.807) is 6.20 Å². The highest BCUT2D eigenvalue weighted by Crippen LogP contribution is 2.29. The monoisotopic (exact) mass is 419 g/mol. The first-order valence-corrected chi connectivity index (χ1v) is 11.1. The Morgan fingerprint density at radius 2 is 2.10 bits per heavy atom. The van der Waals surface area contributed by atoms with Crippen LogP contribution in [-0.4, -0.2) is 45.5 Å². The molecule has 5 N–H and O–H groups in total. The Hall–Kier alpha value is -2.97. The van der Waals surface area contributed by atoms with Gasteiger partial charge in [-0.05, 0) is 57.2 Å². The van der Waals surface area contributed by atoms with Crippen molar-refractivity contribution in [2.24, 2.45) is 5.92 Å². The number of fused-ring (bicyclic) bond motifs is 2. The van der Waals surface area contributed by atoms with Crippen LogP contribution in [0.25, 0.3) is 22.3 Å². The predicted molar refractivity (Wildman–Crippen MR) is 122 cm³/mol. The normalized spacial score (nSPS) is 23.1. The third-order valence-corrected chi connectivity index (χ3v) is 6.19. The number of aromatic amines is 1. The molecule has 8 nitrogen and oxygen atoms in total. The highest BCUT2D eigenvalue weighted by molar-refractivity contribution is 5.98. The molecular formula is C23H29N7O. The lowest BCUT2D eigenvalue weighted by molar-refractivity contribution is 0.0939. The SMILES string of the molecule is CC(C)NC(=O)c1cc2ccc(-c3nccc(NC4CCC5NNCC5C4)n3)cc2[nH]1. The first-order valence-electron chi connectivity index (χ1n) is 11.1. The summed E-state index contributed by atoms with van der Waals surface area (Å²) in [5, 5.41) is 7.51. The van der Waals surface area contributed by atoms with Gasteiger partial charge in [0.1, 0.15) is 11.5 Å². The molecule has 3 heterocycles. The molecule has 1 amide bonds. The molecule has 0 bridgehead atoms. The summed E-state index contributed by atoms with van der Waals surface area (Å²) in [5.74, 6) is 2.10. The fraction of sp³-hybridized carbons (Fsp3) is 0.435. The predicted octanol–water partition coefficient (Wildman–Crippen LogP) is 2.82. The number of hydrogen-bond acceptors (Lipinski definition) is 6. The van der Waals surface area contributed by atoms with Crippen molar-refractivity contribution >= 4 is 22.6 Å². The Labute approximate surface area is 181 Å². The molecule has 1 aliphatic heterocycles. The molecule has 3 atom stereocenters. The van der Waals surface area contributed by atoms with E-state index in [4.69, 9.17) is 4.98 Å². The average Bonchev–Trinajstić information content (AvgIpc) is 3.39. The van der Waals surface area contributed by atoms with E-state index >= 15 is 0 Å². The highest BCUT2D eigenvalue weighted by atomic mass is 16.1. The van der Waals surface area contributed by atoms with Crippen molar-refractivity contribution in [1.82, 2.24) is 31.1 Å². The molecule has 1 aliphatic carbocycles. The van der Waals surface area contributed by atoms with E-state index in [0.717, 1.165) is 41.7 Å². The summed E-state index contributed by atoms with van der Waals surface area (Å²) in [6.07, 6.45) is 5.24. The van der Waals surface area contributed by atoms with Crippen LogP contribution in [0.4, 0.5) is 5.82 Å². The molecule has 3 unspecified atom stereocenters. The molecule has 2 aromatic heterocycles. The molecule has 2 aliphatic rings. The number of aromatic nitrogens is 3. The summed E-state index contributed by atoms with van der Waals surface area (Å²) >= 11 is 0. The van der Waals surface area contributed by atoms with Crippen molar-refractivity contribution in [3.05, 3.63) is 42.2 Å². The molecule has 162 valence electrons. The van der Waals surface area contributed by atoms with Gasteiger partial charge in [0.05, 0.1) is 0 Å². The Balaban J connectivity index is 1.33. The van der Waals surface area contributed by atoms with Crippen molar-refractivity contribution in [2.75, 3.05) is 11.9 Å². The lowest BCUT2D eigenvalue weighted by Crippen LogP contribution is -2.39. The van der Waals surface area contributed by atoms with Crippen LogP contribution in [0, 0.1) is 5.92 Å². The fourth-order valence-electron chi connectivity index (χ4n) is 4.65. The number of hydrazine groups is 1. The van der Waals surface area contributed by atoms with Gasteiger partial charge in [0.2, 0.25) is 0 Å².